The van der Waals surface area contributed by atoms with E-state index >= 15 is 0 Å². The third-order valence-electron chi connectivity index (χ3n) is 2.62. The Hall–Kier alpha value is -2.36. The van der Waals surface area contributed by atoms with Crippen LogP contribution in [0.15, 0.2) is 42.7 Å². The van der Waals surface area contributed by atoms with Gasteiger partial charge < -0.3 is 10.7 Å². The van der Waals surface area contributed by atoms with Crippen molar-refractivity contribution >= 4 is 16.7 Å². The van der Waals surface area contributed by atoms with Crippen LogP contribution in [0.5, 0.6) is 0 Å². The Balaban J connectivity index is 2.22. The van der Waals surface area contributed by atoms with Crippen LogP contribution in [0.25, 0.3) is 22.0 Å². The second-order valence-corrected chi connectivity index (χ2v) is 3.61. The van der Waals surface area contributed by atoms with Gasteiger partial charge in [-0.3, -0.25) is 0 Å². The van der Waals surface area contributed by atoms with Crippen LogP contribution in [0.1, 0.15) is 0 Å². The minimum Gasteiger partial charge on any atom is -0.382 e. The van der Waals surface area contributed by atoms with Gasteiger partial charge in [-0.25, -0.2) is 0 Å². The van der Waals surface area contributed by atoms with Crippen molar-refractivity contribution in [3.63, 3.8) is 0 Å². The fraction of sp³-hybridized carbons (Fsp3) is 0. The van der Waals surface area contributed by atoms with E-state index in [9.17, 15) is 0 Å². The number of H-pyrrole nitrogens is 1. The standard InChI is InChI=1S/C12H10N4/c13-12-10(4-6-15-16-12)9-2-1-8-3-5-14-11(8)7-9/h1-7,14H,(H2,13,16). The van der Waals surface area contributed by atoms with Gasteiger partial charge in [-0.2, -0.15) is 5.10 Å². The molecule has 0 radical (unpaired) electrons. The zero-order valence-electron chi connectivity index (χ0n) is 8.51. The molecule has 0 aliphatic rings. The number of aromatic nitrogens is 3. The first kappa shape index (κ1) is 8.91. The van der Waals surface area contributed by atoms with Crippen LogP contribution in [0.3, 0.4) is 0 Å². The lowest BCUT2D eigenvalue weighted by Crippen LogP contribution is -1.95. The summed E-state index contributed by atoms with van der Waals surface area (Å²) in [4.78, 5) is 3.17. The number of nitrogens with two attached hydrogens (primary N) is 1. The van der Waals surface area contributed by atoms with E-state index in [0.29, 0.717) is 5.82 Å². The summed E-state index contributed by atoms with van der Waals surface area (Å²) in [5.74, 6) is 0.452. The summed E-state index contributed by atoms with van der Waals surface area (Å²) in [6.45, 7) is 0. The van der Waals surface area contributed by atoms with Crippen LogP contribution >= 0.6 is 0 Å². The van der Waals surface area contributed by atoms with Crippen molar-refractivity contribution in [2.24, 2.45) is 0 Å². The van der Waals surface area contributed by atoms with Crippen molar-refractivity contribution in [1.82, 2.24) is 15.2 Å². The van der Waals surface area contributed by atoms with Gasteiger partial charge in [-0.1, -0.05) is 12.1 Å². The summed E-state index contributed by atoms with van der Waals surface area (Å²) >= 11 is 0. The van der Waals surface area contributed by atoms with Crippen LogP contribution in [-0.4, -0.2) is 15.2 Å². The lowest BCUT2D eigenvalue weighted by molar-refractivity contribution is 1.04. The Morgan fingerprint density at radius 3 is 2.94 bits per heavy atom. The van der Waals surface area contributed by atoms with Gasteiger partial charge in [0.05, 0.1) is 6.20 Å². The molecule has 0 spiro atoms. The molecule has 0 unspecified atom stereocenters. The maximum atomic E-state index is 5.79. The van der Waals surface area contributed by atoms with Crippen molar-refractivity contribution in [3.8, 4) is 11.1 Å². The zero-order chi connectivity index (χ0) is 11.0. The summed E-state index contributed by atoms with van der Waals surface area (Å²) in [6, 6.07) is 10.0. The normalized spacial score (nSPS) is 10.8. The average molecular weight is 210 g/mol. The predicted octanol–water partition coefficient (Wildman–Crippen LogP) is 2.21. The molecule has 4 nitrogen and oxygen atoms in total. The lowest BCUT2D eigenvalue weighted by atomic mass is 10.1. The smallest absolute Gasteiger partial charge is 0.153 e. The highest BCUT2D eigenvalue weighted by molar-refractivity contribution is 5.86. The molecular formula is C12H10N4. The fourth-order valence-electron chi connectivity index (χ4n) is 1.80. The molecule has 0 saturated carbocycles. The van der Waals surface area contributed by atoms with E-state index in [1.807, 2.05) is 24.4 Å². The summed E-state index contributed by atoms with van der Waals surface area (Å²) in [5, 5.41) is 8.77. The van der Waals surface area contributed by atoms with Crippen molar-refractivity contribution in [3.05, 3.63) is 42.7 Å². The van der Waals surface area contributed by atoms with Gasteiger partial charge in [-0.15, -0.1) is 5.10 Å². The highest BCUT2D eigenvalue weighted by Crippen LogP contribution is 2.26. The minimum absolute atomic E-state index is 0.452. The second kappa shape index (κ2) is 3.34. The van der Waals surface area contributed by atoms with Gasteiger partial charge in [-0.05, 0) is 29.1 Å². The number of nitrogens with one attached hydrogen (secondary N) is 1. The first-order valence-corrected chi connectivity index (χ1v) is 4.99. The SMILES string of the molecule is Nc1nnccc1-c1ccc2cc[nH]c2c1. The molecule has 2 aromatic heterocycles. The monoisotopic (exact) mass is 210 g/mol. The quantitative estimate of drug-likeness (QED) is 0.647. The van der Waals surface area contributed by atoms with E-state index in [1.165, 1.54) is 5.39 Å². The third kappa shape index (κ3) is 1.32. The van der Waals surface area contributed by atoms with Gasteiger partial charge in [0.25, 0.3) is 0 Å². The highest BCUT2D eigenvalue weighted by atomic mass is 15.1. The molecule has 3 aromatic rings. The zero-order valence-corrected chi connectivity index (χ0v) is 8.51. The topological polar surface area (TPSA) is 67.6 Å². The number of hydrogen-bond acceptors (Lipinski definition) is 3. The summed E-state index contributed by atoms with van der Waals surface area (Å²) in [5.41, 5.74) is 8.83. The van der Waals surface area contributed by atoms with Crippen LogP contribution < -0.4 is 5.73 Å². The van der Waals surface area contributed by atoms with Gasteiger partial charge in [0.2, 0.25) is 0 Å². The largest absolute Gasteiger partial charge is 0.382 e. The first-order valence-electron chi connectivity index (χ1n) is 4.99. The van der Waals surface area contributed by atoms with Crippen molar-refractivity contribution in [2.45, 2.75) is 0 Å². The predicted molar refractivity (Wildman–Crippen MR) is 63.7 cm³/mol. The first-order chi connectivity index (χ1) is 7.84. The molecule has 0 aliphatic carbocycles. The molecule has 4 heteroatoms. The number of benzene rings is 1. The molecule has 3 rings (SSSR count). The summed E-state index contributed by atoms with van der Waals surface area (Å²) in [6.07, 6.45) is 3.56. The molecule has 3 N–H and O–H groups in total. The Morgan fingerprint density at radius 1 is 1.12 bits per heavy atom. The van der Waals surface area contributed by atoms with Crippen molar-refractivity contribution in [2.75, 3.05) is 5.73 Å². The van der Waals surface area contributed by atoms with Crippen LogP contribution in [0, 0.1) is 0 Å². The number of nitrogen functional groups attached to an aromatic ring is 1. The molecule has 0 atom stereocenters. The Labute approximate surface area is 92.1 Å². The Kier molecular flexibility index (Phi) is 1.86. The van der Waals surface area contributed by atoms with Crippen LogP contribution in [-0.2, 0) is 0 Å². The van der Waals surface area contributed by atoms with Gasteiger partial charge >= 0.3 is 0 Å². The van der Waals surface area contributed by atoms with E-state index in [4.69, 9.17) is 5.73 Å². The number of fused-ring (bicyclic) bond motifs is 1. The molecule has 0 bridgehead atoms. The van der Waals surface area contributed by atoms with Gasteiger partial charge in [0.1, 0.15) is 0 Å². The van der Waals surface area contributed by atoms with E-state index < -0.39 is 0 Å². The average Bonchev–Trinajstić information content (AvgIpc) is 2.76. The maximum absolute atomic E-state index is 5.79. The van der Waals surface area contributed by atoms with Gasteiger partial charge in [0, 0.05) is 17.3 Å². The minimum atomic E-state index is 0.452. The number of nitrogens with zero attached hydrogens (tertiary/aromatic N) is 2. The molecule has 16 heavy (non-hydrogen) atoms. The fourth-order valence-corrected chi connectivity index (χ4v) is 1.80. The molecule has 2 heterocycles. The molecule has 0 saturated heterocycles. The van der Waals surface area contributed by atoms with E-state index in [1.54, 1.807) is 6.20 Å². The van der Waals surface area contributed by atoms with E-state index in [2.05, 4.69) is 27.3 Å². The summed E-state index contributed by atoms with van der Waals surface area (Å²) < 4.78 is 0. The molecule has 0 fully saturated rings. The van der Waals surface area contributed by atoms with Crippen molar-refractivity contribution < 1.29 is 0 Å². The number of hydrogen-bond donors (Lipinski definition) is 2. The lowest BCUT2D eigenvalue weighted by Gasteiger charge is -2.03. The maximum Gasteiger partial charge on any atom is 0.153 e. The van der Waals surface area contributed by atoms with Crippen LogP contribution in [0.4, 0.5) is 5.82 Å². The Bertz CT molecular complexity index is 642. The van der Waals surface area contributed by atoms with Gasteiger partial charge in [0.15, 0.2) is 5.82 Å². The third-order valence-corrected chi connectivity index (χ3v) is 2.62. The number of aromatic amines is 1. The Morgan fingerprint density at radius 2 is 2.06 bits per heavy atom. The second-order valence-electron chi connectivity index (χ2n) is 3.61. The number of rotatable bonds is 1. The van der Waals surface area contributed by atoms with Crippen LogP contribution in [0.2, 0.25) is 0 Å². The molecule has 0 aliphatic heterocycles. The highest BCUT2D eigenvalue weighted by Gasteiger charge is 2.04. The molecule has 1 aromatic carbocycles. The number of anilines is 1. The molecular weight excluding hydrogens is 200 g/mol. The summed E-state index contributed by atoms with van der Waals surface area (Å²) in [7, 11) is 0. The van der Waals surface area contributed by atoms with E-state index in [-0.39, 0.29) is 0 Å². The van der Waals surface area contributed by atoms with Crippen molar-refractivity contribution in [1.29, 1.82) is 0 Å². The van der Waals surface area contributed by atoms with E-state index in [0.717, 1.165) is 16.6 Å². The molecule has 78 valence electrons. The molecule has 0 amide bonds.